The number of nitrogens with one attached hydrogen (secondary N) is 2. The monoisotopic (exact) mass is 465 g/mol. The number of carbonyl (C=O) groups is 1. The third kappa shape index (κ3) is 5.68. The minimum atomic E-state index is -4.16. The van der Waals surface area contributed by atoms with Crippen molar-refractivity contribution in [3.63, 3.8) is 0 Å². The molecule has 0 atom stereocenters. The number of halogens is 3. The largest absolute Gasteiger partial charge is 0.390 e. The molecule has 3 aromatic heterocycles. The van der Waals surface area contributed by atoms with Gasteiger partial charge in [-0.3, -0.25) is 5.32 Å². The fraction of sp³-hybridized carbons (Fsp3) is 0.450. The van der Waals surface area contributed by atoms with Crippen LogP contribution in [0.15, 0.2) is 24.4 Å². The van der Waals surface area contributed by atoms with E-state index in [0.29, 0.717) is 43.0 Å². The van der Waals surface area contributed by atoms with E-state index in [-0.39, 0.29) is 18.6 Å². The molecule has 0 unspecified atom stereocenters. The minimum absolute atomic E-state index is 0.0215. The van der Waals surface area contributed by atoms with Crippen LogP contribution in [0.2, 0.25) is 0 Å². The lowest BCUT2D eigenvalue weighted by atomic mass is 10.1. The predicted octanol–water partition coefficient (Wildman–Crippen LogP) is 4.00. The summed E-state index contributed by atoms with van der Waals surface area (Å²) in [7, 11) is 0. The smallest absolute Gasteiger partial charge is 0.324 e. The van der Waals surface area contributed by atoms with Gasteiger partial charge in [-0.15, -0.1) is 10.2 Å². The molecule has 12 heteroatoms. The van der Waals surface area contributed by atoms with Crippen molar-refractivity contribution < 1.29 is 18.0 Å². The van der Waals surface area contributed by atoms with E-state index in [9.17, 15) is 18.0 Å². The van der Waals surface area contributed by atoms with Gasteiger partial charge in [-0.2, -0.15) is 13.2 Å². The van der Waals surface area contributed by atoms with Crippen molar-refractivity contribution >= 4 is 34.1 Å². The van der Waals surface area contributed by atoms with Gasteiger partial charge in [0.25, 0.3) is 0 Å². The number of hydrogen-bond acceptors (Lipinski definition) is 7. The molecule has 4 heterocycles. The summed E-state index contributed by atoms with van der Waals surface area (Å²) in [6.45, 7) is 2.69. The second-order valence-corrected chi connectivity index (χ2v) is 8.78. The van der Waals surface area contributed by atoms with Gasteiger partial charge in [0.15, 0.2) is 5.01 Å². The lowest BCUT2D eigenvalue weighted by Crippen LogP contribution is -2.46. The molecule has 4 rings (SSSR count). The number of anilines is 1. The van der Waals surface area contributed by atoms with E-state index < -0.39 is 12.6 Å². The highest BCUT2D eigenvalue weighted by Crippen LogP contribution is 2.25. The Balaban J connectivity index is 1.34. The van der Waals surface area contributed by atoms with E-state index in [2.05, 4.69) is 30.8 Å². The molecule has 32 heavy (non-hydrogen) atoms. The van der Waals surface area contributed by atoms with Crippen LogP contribution in [-0.4, -0.2) is 62.9 Å². The molecular formula is C20H22F3N7OS. The van der Waals surface area contributed by atoms with Gasteiger partial charge in [0, 0.05) is 43.3 Å². The summed E-state index contributed by atoms with van der Waals surface area (Å²) in [5.41, 5.74) is 1.37. The van der Waals surface area contributed by atoms with E-state index in [1.165, 1.54) is 11.3 Å². The number of hydrogen-bond donors (Lipinski definition) is 2. The Hall–Kier alpha value is -2.86. The Morgan fingerprint density at radius 3 is 2.72 bits per heavy atom. The summed E-state index contributed by atoms with van der Waals surface area (Å²) in [6.07, 6.45) is -2.17. The highest BCUT2D eigenvalue weighted by molar-refractivity contribution is 7.14. The molecular weight excluding hydrogens is 443 g/mol. The summed E-state index contributed by atoms with van der Waals surface area (Å²) in [5.74, 6) is 0.381. The molecule has 8 nitrogen and oxygen atoms in total. The number of aryl methyl sites for hydroxylation is 1. The van der Waals surface area contributed by atoms with Gasteiger partial charge in [-0.05, 0) is 31.9 Å². The van der Waals surface area contributed by atoms with Crippen LogP contribution in [-0.2, 0) is 0 Å². The average Bonchev–Trinajstić information content (AvgIpc) is 3.19. The Labute approximate surface area is 186 Å². The quantitative estimate of drug-likeness (QED) is 0.592. The first-order chi connectivity index (χ1) is 15.3. The van der Waals surface area contributed by atoms with Crippen molar-refractivity contribution in [1.82, 2.24) is 30.4 Å². The molecule has 170 valence electrons. The fourth-order valence-electron chi connectivity index (χ4n) is 3.50. The lowest BCUT2D eigenvalue weighted by molar-refractivity contribution is -0.133. The zero-order chi connectivity index (χ0) is 22.7. The third-order valence-electron chi connectivity index (χ3n) is 5.18. The van der Waals surface area contributed by atoms with Crippen LogP contribution in [0.5, 0.6) is 0 Å². The van der Waals surface area contributed by atoms with Crippen LogP contribution < -0.4 is 10.6 Å². The maximum absolute atomic E-state index is 12.6. The molecule has 3 aromatic rings. The Morgan fingerprint density at radius 1 is 1.25 bits per heavy atom. The van der Waals surface area contributed by atoms with Crippen LogP contribution in [0.4, 0.5) is 23.8 Å². The van der Waals surface area contributed by atoms with Gasteiger partial charge in [0.2, 0.25) is 0 Å². The van der Waals surface area contributed by atoms with Crippen LogP contribution in [0, 0.1) is 6.92 Å². The molecule has 0 bridgehead atoms. The number of alkyl halides is 3. The number of carbonyl (C=O) groups excluding carboxylic acids is 1. The molecule has 0 spiro atoms. The Bertz CT molecular complexity index is 1100. The number of piperidine rings is 1. The van der Waals surface area contributed by atoms with Crippen molar-refractivity contribution in [1.29, 1.82) is 0 Å². The normalized spacial score (nSPS) is 15.3. The van der Waals surface area contributed by atoms with Crippen LogP contribution in [0.25, 0.3) is 21.6 Å². The van der Waals surface area contributed by atoms with E-state index in [0.717, 1.165) is 15.4 Å². The van der Waals surface area contributed by atoms with Crippen LogP contribution in [0.3, 0.4) is 0 Å². The number of pyridine rings is 2. The lowest BCUT2D eigenvalue weighted by Gasteiger charge is -2.32. The second kappa shape index (κ2) is 9.33. The van der Waals surface area contributed by atoms with E-state index in [1.54, 1.807) is 17.2 Å². The molecule has 0 aromatic carbocycles. The maximum Gasteiger partial charge on any atom is 0.390 e. The van der Waals surface area contributed by atoms with Crippen molar-refractivity contribution in [3.8, 4) is 10.7 Å². The highest BCUT2D eigenvalue weighted by atomic mass is 32.1. The number of aromatic nitrogens is 4. The van der Waals surface area contributed by atoms with Gasteiger partial charge < -0.3 is 10.2 Å². The number of nitrogens with zero attached hydrogens (tertiary/aromatic N) is 5. The zero-order valence-corrected chi connectivity index (χ0v) is 18.1. The zero-order valence-electron chi connectivity index (χ0n) is 17.3. The van der Waals surface area contributed by atoms with Crippen LogP contribution >= 0.6 is 11.3 Å². The molecule has 1 aliphatic heterocycles. The Morgan fingerprint density at radius 2 is 2.03 bits per heavy atom. The van der Waals surface area contributed by atoms with Crippen molar-refractivity contribution in [2.24, 2.45) is 0 Å². The summed E-state index contributed by atoms with van der Waals surface area (Å²) in [5, 5.41) is 16.2. The van der Waals surface area contributed by atoms with Crippen molar-refractivity contribution in [2.45, 2.75) is 38.4 Å². The fourth-order valence-corrected chi connectivity index (χ4v) is 4.16. The number of fused-ring (bicyclic) bond motifs is 1. The van der Waals surface area contributed by atoms with Gasteiger partial charge in [0.1, 0.15) is 16.5 Å². The molecule has 1 saturated heterocycles. The average molecular weight is 466 g/mol. The van der Waals surface area contributed by atoms with Crippen LogP contribution in [0.1, 0.15) is 24.3 Å². The molecule has 1 aliphatic rings. The first-order valence-corrected chi connectivity index (χ1v) is 11.0. The van der Waals surface area contributed by atoms with Crippen molar-refractivity contribution in [2.75, 3.05) is 25.0 Å². The molecule has 1 fully saturated rings. The standard InChI is InChI=1S/C20H22F3N7OS/c1-12-28-29-18(32-12)15-3-2-13-11-25-17(10-16(13)26-15)27-19(31)30-8-4-14(5-9-30)24-7-6-20(21,22)23/h2-3,10-11,14,24H,4-9H2,1H3,(H,25,27,31). The van der Waals surface area contributed by atoms with Gasteiger partial charge in [-0.25, -0.2) is 14.8 Å². The molecule has 0 saturated carbocycles. The molecule has 2 N–H and O–H groups in total. The minimum Gasteiger partial charge on any atom is -0.324 e. The predicted molar refractivity (Wildman–Crippen MR) is 115 cm³/mol. The summed E-state index contributed by atoms with van der Waals surface area (Å²) >= 11 is 1.45. The van der Waals surface area contributed by atoms with Crippen molar-refractivity contribution in [3.05, 3.63) is 29.4 Å². The summed E-state index contributed by atoms with van der Waals surface area (Å²) in [4.78, 5) is 23.1. The van der Waals surface area contributed by atoms with Gasteiger partial charge in [0.05, 0.1) is 11.9 Å². The maximum atomic E-state index is 12.6. The second-order valence-electron chi connectivity index (χ2n) is 7.60. The van der Waals surface area contributed by atoms with E-state index >= 15 is 0 Å². The number of likely N-dealkylation sites (tertiary alicyclic amines) is 1. The molecule has 0 radical (unpaired) electrons. The summed E-state index contributed by atoms with van der Waals surface area (Å²) < 4.78 is 36.8. The van der Waals surface area contributed by atoms with E-state index in [4.69, 9.17) is 0 Å². The molecule has 0 aliphatic carbocycles. The highest BCUT2D eigenvalue weighted by Gasteiger charge is 2.28. The first kappa shape index (κ1) is 22.3. The van der Waals surface area contributed by atoms with E-state index in [1.807, 2.05) is 19.1 Å². The van der Waals surface area contributed by atoms with Gasteiger partial charge in [-0.1, -0.05) is 11.3 Å². The summed E-state index contributed by atoms with van der Waals surface area (Å²) in [6, 6.07) is 5.14. The topological polar surface area (TPSA) is 95.9 Å². The number of urea groups is 1. The number of rotatable bonds is 5. The molecule has 2 amide bonds. The third-order valence-corrected chi connectivity index (χ3v) is 6.04. The Kier molecular flexibility index (Phi) is 6.51. The number of amides is 2. The first-order valence-electron chi connectivity index (χ1n) is 10.2. The van der Waals surface area contributed by atoms with Gasteiger partial charge >= 0.3 is 12.2 Å². The SMILES string of the molecule is Cc1nnc(-c2ccc3cnc(NC(=O)N4CCC(NCCC(F)(F)F)CC4)cc3n2)s1.